The molecule has 148 valence electrons. The molecule has 0 atom stereocenters. The second-order valence-electron chi connectivity index (χ2n) is 7.81. The zero-order valence-corrected chi connectivity index (χ0v) is 16.8. The van der Waals surface area contributed by atoms with Crippen LogP contribution in [0.2, 0.25) is 0 Å². The van der Waals surface area contributed by atoms with Crippen molar-refractivity contribution >= 4 is 16.9 Å². The van der Waals surface area contributed by atoms with Gasteiger partial charge in [-0.2, -0.15) is 0 Å². The van der Waals surface area contributed by atoms with Crippen molar-refractivity contribution in [1.82, 2.24) is 19.5 Å². The number of nitrogens with zero attached hydrogens (tertiary/aromatic N) is 4. The van der Waals surface area contributed by atoms with Gasteiger partial charge in [0.15, 0.2) is 5.82 Å². The van der Waals surface area contributed by atoms with Gasteiger partial charge in [-0.3, -0.25) is 4.98 Å². The number of nitrogens with two attached hydrogens (primary N) is 1. The summed E-state index contributed by atoms with van der Waals surface area (Å²) in [7, 11) is 0. The first-order valence-electron chi connectivity index (χ1n) is 10.2. The molecule has 1 aliphatic carbocycles. The average molecular weight is 380 g/mol. The van der Waals surface area contributed by atoms with E-state index in [1.54, 1.807) is 6.20 Å². The molecule has 3 heterocycles. The molecule has 6 heteroatoms. The summed E-state index contributed by atoms with van der Waals surface area (Å²) in [5.74, 6) is 2.43. The number of rotatable bonds is 9. The fourth-order valence-electron chi connectivity index (χ4n) is 3.71. The molecule has 0 saturated heterocycles. The number of imidazole rings is 1. The summed E-state index contributed by atoms with van der Waals surface area (Å²) in [6.45, 7) is 6.35. The maximum absolute atomic E-state index is 6.18. The summed E-state index contributed by atoms with van der Waals surface area (Å²) in [5.41, 5.74) is 11.5. The van der Waals surface area contributed by atoms with Gasteiger partial charge in [0.1, 0.15) is 11.3 Å². The summed E-state index contributed by atoms with van der Waals surface area (Å²) in [6, 6.07) is 4.09. The molecule has 3 aromatic rings. The fraction of sp³-hybridized carbons (Fsp3) is 0.500. The number of aromatic nitrogens is 4. The SMILES string of the molecule is Cc1nc(N)c2nc(CC3CC3)n(CCOCCCc3cccnc3)c2c1C. The molecular weight excluding hydrogens is 350 g/mol. The van der Waals surface area contributed by atoms with E-state index in [0.29, 0.717) is 12.4 Å². The van der Waals surface area contributed by atoms with Gasteiger partial charge in [-0.1, -0.05) is 6.07 Å². The first kappa shape index (κ1) is 18.9. The Kier molecular flexibility index (Phi) is 5.57. The lowest BCUT2D eigenvalue weighted by Crippen LogP contribution is -2.12. The molecule has 2 N–H and O–H groups in total. The Labute approximate surface area is 166 Å². The number of aryl methyl sites for hydroxylation is 3. The van der Waals surface area contributed by atoms with E-state index in [0.717, 1.165) is 66.4 Å². The molecule has 28 heavy (non-hydrogen) atoms. The van der Waals surface area contributed by atoms with Crippen molar-refractivity contribution in [3.63, 3.8) is 0 Å². The molecule has 6 nitrogen and oxygen atoms in total. The minimum absolute atomic E-state index is 0.534. The molecule has 3 aromatic heterocycles. The zero-order valence-electron chi connectivity index (χ0n) is 16.8. The van der Waals surface area contributed by atoms with Crippen LogP contribution in [0.4, 0.5) is 5.82 Å². The monoisotopic (exact) mass is 379 g/mol. The van der Waals surface area contributed by atoms with Gasteiger partial charge in [0, 0.05) is 37.7 Å². The number of nitrogen functional groups attached to an aromatic ring is 1. The van der Waals surface area contributed by atoms with Crippen molar-refractivity contribution in [3.8, 4) is 0 Å². The van der Waals surface area contributed by atoms with Crippen LogP contribution >= 0.6 is 0 Å². The maximum Gasteiger partial charge on any atom is 0.151 e. The first-order chi connectivity index (χ1) is 13.6. The summed E-state index contributed by atoms with van der Waals surface area (Å²) in [5, 5.41) is 0. The number of hydrogen-bond donors (Lipinski definition) is 1. The van der Waals surface area contributed by atoms with E-state index in [1.807, 2.05) is 19.2 Å². The Morgan fingerprint density at radius 3 is 2.82 bits per heavy atom. The highest BCUT2D eigenvalue weighted by atomic mass is 16.5. The van der Waals surface area contributed by atoms with E-state index in [2.05, 4.69) is 27.5 Å². The van der Waals surface area contributed by atoms with Crippen LogP contribution in [0.3, 0.4) is 0 Å². The van der Waals surface area contributed by atoms with Crippen LogP contribution in [0.1, 0.15) is 41.9 Å². The third kappa shape index (κ3) is 4.17. The fourth-order valence-corrected chi connectivity index (χ4v) is 3.71. The van der Waals surface area contributed by atoms with Crippen molar-refractivity contribution in [2.24, 2.45) is 5.92 Å². The molecule has 0 amide bonds. The largest absolute Gasteiger partial charge is 0.382 e. The van der Waals surface area contributed by atoms with Crippen LogP contribution in [-0.4, -0.2) is 32.7 Å². The first-order valence-corrected chi connectivity index (χ1v) is 10.2. The molecule has 0 bridgehead atoms. The normalized spacial score (nSPS) is 14.1. The lowest BCUT2D eigenvalue weighted by atomic mass is 10.2. The summed E-state index contributed by atoms with van der Waals surface area (Å²) in [6.07, 6.45) is 9.36. The summed E-state index contributed by atoms with van der Waals surface area (Å²) >= 11 is 0. The van der Waals surface area contributed by atoms with E-state index < -0.39 is 0 Å². The smallest absolute Gasteiger partial charge is 0.151 e. The van der Waals surface area contributed by atoms with Crippen molar-refractivity contribution in [3.05, 3.63) is 47.2 Å². The van der Waals surface area contributed by atoms with Crippen molar-refractivity contribution in [1.29, 1.82) is 0 Å². The number of hydrogen-bond acceptors (Lipinski definition) is 5. The van der Waals surface area contributed by atoms with Crippen molar-refractivity contribution < 1.29 is 4.74 Å². The zero-order chi connectivity index (χ0) is 19.5. The predicted octanol–water partition coefficient (Wildman–Crippen LogP) is 3.63. The number of anilines is 1. The minimum atomic E-state index is 0.534. The highest BCUT2D eigenvalue weighted by Gasteiger charge is 2.26. The van der Waals surface area contributed by atoms with Crippen LogP contribution in [0.15, 0.2) is 24.5 Å². The van der Waals surface area contributed by atoms with E-state index >= 15 is 0 Å². The van der Waals surface area contributed by atoms with Crippen LogP contribution in [0.5, 0.6) is 0 Å². The van der Waals surface area contributed by atoms with E-state index in [1.165, 1.54) is 18.4 Å². The van der Waals surface area contributed by atoms with E-state index in [9.17, 15) is 0 Å². The second kappa shape index (κ2) is 8.27. The molecule has 1 saturated carbocycles. The van der Waals surface area contributed by atoms with Crippen molar-refractivity contribution in [2.45, 2.75) is 52.5 Å². The Hall–Kier alpha value is -2.47. The number of pyridine rings is 2. The molecule has 4 rings (SSSR count). The Morgan fingerprint density at radius 2 is 2.07 bits per heavy atom. The van der Waals surface area contributed by atoms with E-state index in [-0.39, 0.29) is 0 Å². The summed E-state index contributed by atoms with van der Waals surface area (Å²) < 4.78 is 8.25. The molecule has 0 radical (unpaired) electrons. The van der Waals surface area contributed by atoms with E-state index in [4.69, 9.17) is 15.5 Å². The molecule has 0 unspecified atom stereocenters. The van der Waals surface area contributed by atoms with Crippen LogP contribution in [0.25, 0.3) is 11.0 Å². The Morgan fingerprint density at radius 1 is 1.21 bits per heavy atom. The molecule has 1 fully saturated rings. The van der Waals surface area contributed by atoms with Gasteiger partial charge in [-0.05, 0) is 62.6 Å². The van der Waals surface area contributed by atoms with Gasteiger partial charge < -0.3 is 15.0 Å². The molecule has 0 spiro atoms. The average Bonchev–Trinajstić information content (AvgIpc) is 3.43. The van der Waals surface area contributed by atoms with Gasteiger partial charge in [-0.25, -0.2) is 9.97 Å². The topological polar surface area (TPSA) is 78.8 Å². The third-order valence-electron chi connectivity index (χ3n) is 5.58. The lowest BCUT2D eigenvalue weighted by Gasteiger charge is -2.12. The lowest BCUT2D eigenvalue weighted by molar-refractivity contribution is 0.124. The Balaban J connectivity index is 1.41. The van der Waals surface area contributed by atoms with Gasteiger partial charge in [0.2, 0.25) is 0 Å². The molecule has 0 aromatic carbocycles. The highest BCUT2D eigenvalue weighted by Crippen LogP contribution is 2.34. The number of fused-ring (bicyclic) bond motifs is 1. The van der Waals surface area contributed by atoms with Crippen molar-refractivity contribution in [2.75, 3.05) is 18.9 Å². The van der Waals surface area contributed by atoms with Gasteiger partial charge >= 0.3 is 0 Å². The van der Waals surface area contributed by atoms with Crippen LogP contribution in [-0.2, 0) is 24.1 Å². The van der Waals surface area contributed by atoms with Gasteiger partial charge in [-0.15, -0.1) is 0 Å². The van der Waals surface area contributed by atoms with Crippen LogP contribution < -0.4 is 5.73 Å². The van der Waals surface area contributed by atoms with Crippen LogP contribution in [0, 0.1) is 19.8 Å². The van der Waals surface area contributed by atoms with Gasteiger partial charge in [0.25, 0.3) is 0 Å². The standard InChI is InChI=1S/C22H29N5O/c1-15-16(2)25-22(23)20-21(15)27(19(26-20)13-17-7-8-17)10-12-28-11-4-6-18-5-3-9-24-14-18/h3,5,9,14,17H,4,6-8,10-13H2,1-2H3,(H2,23,25). The highest BCUT2D eigenvalue weighted by molar-refractivity contribution is 5.88. The quantitative estimate of drug-likeness (QED) is 0.574. The molecule has 1 aliphatic rings. The second-order valence-corrected chi connectivity index (χ2v) is 7.81. The molecular formula is C22H29N5O. The maximum atomic E-state index is 6.18. The summed E-state index contributed by atoms with van der Waals surface area (Å²) in [4.78, 5) is 13.5. The minimum Gasteiger partial charge on any atom is -0.382 e. The Bertz CT molecular complexity index is 947. The molecule has 0 aliphatic heterocycles. The number of ether oxygens (including phenoxy) is 1. The third-order valence-corrected chi connectivity index (χ3v) is 5.58. The van der Waals surface area contributed by atoms with Gasteiger partial charge in [0.05, 0.1) is 12.1 Å². The predicted molar refractivity (Wildman–Crippen MR) is 111 cm³/mol.